The van der Waals surface area contributed by atoms with Crippen LogP contribution in [0.15, 0.2) is 24.4 Å². The van der Waals surface area contributed by atoms with Gasteiger partial charge in [0.05, 0.1) is 19.9 Å². The van der Waals surface area contributed by atoms with Gasteiger partial charge in [0.1, 0.15) is 9.88 Å². The van der Waals surface area contributed by atoms with Crippen molar-refractivity contribution in [3.63, 3.8) is 0 Å². The second kappa shape index (κ2) is 8.33. The normalized spacial score (nSPS) is 10.9. The first-order chi connectivity index (χ1) is 11.1. The Bertz CT molecular complexity index is 694. The van der Waals surface area contributed by atoms with Crippen molar-refractivity contribution in [3.05, 3.63) is 39.8 Å². The van der Waals surface area contributed by atoms with Crippen molar-refractivity contribution >= 4 is 29.5 Å². The highest BCUT2D eigenvalue weighted by Crippen LogP contribution is 2.29. The largest absolute Gasteiger partial charge is 0.493 e. The maximum Gasteiger partial charge on any atom is 0.347 e. The SMILES string of the molecule is CCCCOc1ccc(/C=C/c2ncc(C(=O)O)s2)cc1OC. The average Bonchev–Trinajstić information content (AvgIpc) is 3.03. The van der Waals surface area contributed by atoms with Crippen LogP contribution < -0.4 is 9.47 Å². The summed E-state index contributed by atoms with van der Waals surface area (Å²) in [5.41, 5.74) is 0.928. The summed E-state index contributed by atoms with van der Waals surface area (Å²) < 4.78 is 11.0. The third-order valence-corrected chi connectivity index (χ3v) is 4.05. The molecule has 1 N–H and O–H groups in total. The Balaban J connectivity index is 2.10. The number of thiazole rings is 1. The number of carboxylic acids is 1. The molecular formula is C17H19NO4S. The number of rotatable bonds is 8. The average molecular weight is 333 g/mol. The van der Waals surface area contributed by atoms with Gasteiger partial charge in [0.15, 0.2) is 11.5 Å². The molecule has 0 saturated heterocycles. The van der Waals surface area contributed by atoms with Gasteiger partial charge >= 0.3 is 5.97 Å². The fourth-order valence-electron chi connectivity index (χ4n) is 1.86. The van der Waals surface area contributed by atoms with Crippen LogP contribution in [0.2, 0.25) is 0 Å². The van der Waals surface area contributed by atoms with Gasteiger partial charge in [0.25, 0.3) is 0 Å². The van der Waals surface area contributed by atoms with E-state index in [1.54, 1.807) is 13.2 Å². The highest BCUT2D eigenvalue weighted by molar-refractivity contribution is 7.14. The van der Waals surface area contributed by atoms with Crippen molar-refractivity contribution in [2.75, 3.05) is 13.7 Å². The molecule has 1 heterocycles. The van der Waals surface area contributed by atoms with Crippen LogP contribution in [0.25, 0.3) is 12.2 Å². The van der Waals surface area contributed by atoms with Crippen molar-refractivity contribution in [3.8, 4) is 11.5 Å². The summed E-state index contributed by atoms with van der Waals surface area (Å²) in [6.07, 6.45) is 7.08. The van der Waals surface area contributed by atoms with Gasteiger partial charge in [-0.2, -0.15) is 0 Å². The predicted octanol–water partition coefficient (Wildman–Crippen LogP) is 4.20. The first-order valence-electron chi connectivity index (χ1n) is 7.32. The van der Waals surface area contributed by atoms with Crippen LogP contribution in [-0.4, -0.2) is 29.8 Å². The van der Waals surface area contributed by atoms with Crippen LogP contribution in [0.5, 0.6) is 11.5 Å². The van der Waals surface area contributed by atoms with E-state index in [4.69, 9.17) is 14.6 Å². The second-order valence-corrected chi connectivity index (χ2v) is 5.88. The van der Waals surface area contributed by atoms with E-state index in [0.29, 0.717) is 17.4 Å². The lowest BCUT2D eigenvalue weighted by atomic mass is 10.2. The van der Waals surface area contributed by atoms with Gasteiger partial charge in [-0.15, -0.1) is 11.3 Å². The molecule has 0 fully saturated rings. The molecule has 0 unspecified atom stereocenters. The summed E-state index contributed by atoms with van der Waals surface area (Å²) >= 11 is 1.13. The first-order valence-corrected chi connectivity index (χ1v) is 8.13. The smallest absolute Gasteiger partial charge is 0.347 e. The number of aromatic carboxylic acids is 1. The molecule has 1 aromatic carbocycles. The number of hydrogen-bond donors (Lipinski definition) is 1. The Hall–Kier alpha value is -2.34. The zero-order valence-electron chi connectivity index (χ0n) is 13.1. The van der Waals surface area contributed by atoms with Gasteiger partial charge in [-0.3, -0.25) is 0 Å². The Morgan fingerprint density at radius 3 is 2.83 bits per heavy atom. The fraction of sp³-hybridized carbons (Fsp3) is 0.294. The van der Waals surface area contributed by atoms with E-state index in [0.717, 1.165) is 35.5 Å². The number of aromatic nitrogens is 1. The van der Waals surface area contributed by atoms with E-state index in [1.807, 2.05) is 24.3 Å². The number of ether oxygens (including phenoxy) is 2. The molecule has 0 bridgehead atoms. The summed E-state index contributed by atoms with van der Waals surface area (Å²) in [5.74, 6) is 0.437. The van der Waals surface area contributed by atoms with Gasteiger partial charge in [0.2, 0.25) is 0 Å². The van der Waals surface area contributed by atoms with Gasteiger partial charge < -0.3 is 14.6 Å². The molecule has 0 radical (unpaired) electrons. The maximum atomic E-state index is 10.8. The van der Waals surface area contributed by atoms with Gasteiger partial charge in [-0.1, -0.05) is 25.5 Å². The van der Waals surface area contributed by atoms with E-state index in [1.165, 1.54) is 6.20 Å². The molecule has 1 aromatic heterocycles. The summed E-state index contributed by atoms with van der Waals surface area (Å²) in [7, 11) is 1.61. The number of unbranched alkanes of at least 4 members (excludes halogenated alkanes) is 1. The number of methoxy groups -OCH3 is 1. The molecule has 0 spiro atoms. The van der Waals surface area contributed by atoms with E-state index < -0.39 is 5.97 Å². The zero-order valence-corrected chi connectivity index (χ0v) is 13.9. The lowest BCUT2D eigenvalue weighted by Crippen LogP contribution is -1.98. The minimum atomic E-state index is -0.961. The Morgan fingerprint density at radius 2 is 2.17 bits per heavy atom. The summed E-state index contributed by atoms with van der Waals surface area (Å²) in [4.78, 5) is 15.1. The van der Waals surface area contributed by atoms with E-state index in [-0.39, 0.29) is 4.88 Å². The van der Waals surface area contributed by atoms with Gasteiger partial charge in [-0.25, -0.2) is 9.78 Å². The summed E-state index contributed by atoms with van der Waals surface area (Å²) in [6, 6.07) is 5.67. The predicted molar refractivity (Wildman–Crippen MR) is 91.4 cm³/mol. The monoisotopic (exact) mass is 333 g/mol. The van der Waals surface area contributed by atoms with E-state index in [9.17, 15) is 4.79 Å². The molecule has 0 aliphatic carbocycles. The van der Waals surface area contributed by atoms with Crippen molar-refractivity contribution in [1.29, 1.82) is 0 Å². The third kappa shape index (κ3) is 4.82. The molecule has 0 saturated carbocycles. The first kappa shape index (κ1) is 17.0. The molecule has 23 heavy (non-hydrogen) atoms. The molecule has 0 atom stereocenters. The van der Waals surface area contributed by atoms with E-state index >= 15 is 0 Å². The molecule has 0 aliphatic heterocycles. The summed E-state index contributed by atoms with van der Waals surface area (Å²) in [6.45, 7) is 2.78. The van der Waals surface area contributed by atoms with Crippen LogP contribution in [0.3, 0.4) is 0 Å². The highest BCUT2D eigenvalue weighted by atomic mass is 32.1. The molecule has 2 rings (SSSR count). The van der Waals surface area contributed by atoms with Crippen LogP contribution >= 0.6 is 11.3 Å². The third-order valence-electron chi connectivity index (χ3n) is 3.10. The lowest BCUT2D eigenvalue weighted by molar-refractivity contribution is 0.0702. The van der Waals surface area contributed by atoms with Gasteiger partial charge in [0, 0.05) is 0 Å². The van der Waals surface area contributed by atoms with E-state index in [2.05, 4.69) is 11.9 Å². The molecular weight excluding hydrogens is 314 g/mol. The standard InChI is InChI=1S/C17H19NO4S/c1-3-4-9-22-13-7-5-12(10-14(13)21-2)6-8-16-18-11-15(23-16)17(19)20/h5-8,10-11H,3-4,9H2,1-2H3,(H,19,20)/b8-6+. The minimum absolute atomic E-state index is 0.224. The quantitative estimate of drug-likeness (QED) is 0.733. The molecule has 0 amide bonds. The molecule has 6 heteroatoms. The van der Waals surface area contributed by atoms with Crippen molar-refractivity contribution in [2.24, 2.45) is 0 Å². The number of carboxylic acid groups (broad SMARTS) is 1. The van der Waals surface area contributed by atoms with Gasteiger partial charge in [-0.05, 0) is 30.2 Å². The molecule has 5 nitrogen and oxygen atoms in total. The van der Waals surface area contributed by atoms with Crippen LogP contribution in [-0.2, 0) is 0 Å². The topological polar surface area (TPSA) is 68.7 Å². The molecule has 122 valence electrons. The Morgan fingerprint density at radius 1 is 1.35 bits per heavy atom. The number of benzene rings is 1. The molecule has 0 aliphatic rings. The highest BCUT2D eigenvalue weighted by Gasteiger charge is 2.07. The van der Waals surface area contributed by atoms with Crippen LogP contribution in [0.4, 0.5) is 0 Å². The second-order valence-electron chi connectivity index (χ2n) is 4.81. The lowest BCUT2D eigenvalue weighted by Gasteiger charge is -2.10. The van der Waals surface area contributed by atoms with Crippen molar-refractivity contribution < 1.29 is 19.4 Å². The fourth-order valence-corrected chi connectivity index (χ4v) is 2.52. The van der Waals surface area contributed by atoms with Crippen LogP contribution in [0, 0.1) is 0 Å². The van der Waals surface area contributed by atoms with Crippen molar-refractivity contribution in [2.45, 2.75) is 19.8 Å². The maximum absolute atomic E-state index is 10.8. The van der Waals surface area contributed by atoms with Crippen molar-refractivity contribution in [1.82, 2.24) is 4.98 Å². The van der Waals surface area contributed by atoms with Crippen LogP contribution in [0.1, 0.15) is 40.0 Å². The number of carbonyl (C=O) groups is 1. The minimum Gasteiger partial charge on any atom is -0.493 e. The Kier molecular flexibility index (Phi) is 6.17. The summed E-state index contributed by atoms with van der Waals surface area (Å²) in [5, 5.41) is 9.53. The zero-order chi connectivity index (χ0) is 16.7. The molecule has 2 aromatic rings. The number of nitrogens with zero attached hydrogens (tertiary/aromatic N) is 1. The number of hydrogen-bond acceptors (Lipinski definition) is 5. The Labute approximate surface area is 139 Å².